The van der Waals surface area contributed by atoms with Crippen molar-refractivity contribution in [3.8, 4) is 0 Å². The number of carbonyl (C=O) groups excluding carboxylic acids is 1. The van der Waals surface area contributed by atoms with Crippen LogP contribution in [0.5, 0.6) is 0 Å². The van der Waals surface area contributed by atoms with Gasteiger partial charge in [0.15, 0.2) is 0 Å². The molecule has 3 aromatic rings. The van der Waals surface area contributed by atoms with Crippen LogP contribution in [0.1, 0.15) is 27.2 Å². The number of carbonyl (C=O) groups is 1. The molecule has 0 radical (unpaired) electrons. The number of benzene rings is 1. The number of halogens is 2. The maximum atomic E-state index is 12.5. The summed E-state index contributed by atoms with van der Waals surface area (Å²) < 4.78 is 47.4. The molecule has 0 unspecified atom stereocenters. The van der Waals surface area contributed by atoms with E-state index in [9.17, 15) is 22.0 Å². The van der Waals surface area contributed by atoms with Crippen molar-refractivity contribution >= 4 is 32.6 Å². The Balaban J connectivity index is 1.82. The molecular formula is C17H16F2N4O3S. The number of alkyl halides is 2. The van der Waals surface area contributed by atoms with Crippen molar-refractivity contribution < 1.29 is 22.0 Å². The Labute approximate surface area is 153 Å². The van der Waals surface area contributed by atoms with Crippen LogP contribution in [0.2, 0.25) is 0 Å². The third-order valence-electron chi connectivity index (χ3n) is 4.18. The van der Waals surface area contributed by atoms with E-state index in [0.29, 0.717) is 16.9 Å². The molecule has 3 rings (SSSR count). The van der Waals surface area contributed by atoms with E-state index in [1.54, 1.807) is 0 Å². The summed E-state index contributed by atoms with van der Waals surface area (Å²) in [6.07, 6.45) is 1.33. The number of nitrogens with one attached hydrogen (secondary N) is 2. The molecule has 0 bridgehead atoms. The molecule has 1 aromatic carbocycles. The van der Waals surface area contributed by atoms with Gasteiger partial charge >= 0.3 is 5.76 Å². The maximum absolute atomic E-state index is 12.5. The van der Waals surface area contributed by atoms with Crippen molar-refractivity contribution in [2.45, 2.75) is 25.4 Å². The zero-order valence-corrected chi connectivity index (χ0v) is 15.3. The first kappa shape index (κ1) is 18.9. The van der Waals surface area contributed by atoms with Gasteiger partial charge in [-0.3, -0.25) is 4.79 Å². The summed E-state index contributed by atoms with van der Waals surface area (Å²) in [6.45, 7) is 3.76. The first-order chi connectivity index (χ1) is 12.7. The van der Waals surface area contributed by atoms with E-state index >= 15 is 0 Å². The molecule has 0 atom stereocenters. The topological polar surface area (TPSA) is 105 Å². The highest BCUT2D eigenvalue weighted by Crippen LogP contribution is 2.25. The van der Waals surface area contributed by atoms with Crippen LogP contribution in [0.4, 0.5) is 14.6 Å². The lowest BCUT2D eigenvalue weighted by molar-refractivity contribution is 0.102. The van der Waals surface area contributed by atoms with E-state index in [0.717, 1.165) is 11.3 Å². The summed E-state index contributed by atoms with van der Waals surface area (Å²) in [5.74, 6) is -4.34. The van der Waals surface area contributed by atoms with Crippen LogP contribution in [0.15, 0.2) is 30.6 Å². The lowest BCUT2D eigenvalue weighted by Crippen LogP contribution is -2.15. The predicted octanol–water partition coefficient (Wildman–Crippen LogP) is 2.96. The van der Waals surface area contributed by atoms with Crippen LogP contribution >= 0.6 is 0 Å². The lowest BCUT2D eigenvalue weighted by Gasteiger charge is -2.07. The van der Waals surface area contributed by atoms with Crippen LogP contribution in [0.3, 0.4) is 0 Å². The van der Waals surface area contributed by atoms with E-state index in [-0.39, 0.29) is 11.1 Å². The smallest absolute Gasteiger partial charge is 0.337 e. The van der Waals surface area contributed by atoms with Crippen molar-refractivity contribution in [3.05, 3.63) is 53.0 Å². The Hall–Kier alpha value is -2.88. The van der Waals surface area contributed by atoms with E-state index in [2.05, 4.69) is 20.3 Å². The highest BCUT2D eigenvalue weighted by Gasteiger charge is 2.24. The van der Waals surface area contributed by atoms with Crippen LogP contribution in [-0.2, 0) is 15.6 Å². The summed E-state index contributed by atoms with van der Waals surface area (Å²) in [7, 11) is -4.51. The summed E-state index contributed by atoms with van der Waals surface area (Å²) >= 11 is 0. The Morgan fingerprint density at radius 3 is 2.48 bits per heavy atom. The van der Waals surface area contributed by atoms with Gasteiger partial charge in [-0.1, -0.05) is 12.1 Å². The monoisotopic (exact) mass is 394 g/mol. The van der Waals surface area contributed by atoms with Gasteiger partial charge in [0.1, 0.15) is 17.8 Å². The molecule has 1 amide bonds. The molecule has 0 saturated heterocycles. The summed E-state index contributed by atoms with van der Waals surface area (Å²) in [4.78, 5) is 23.8. The lowest BCUT2D eigenvalue weighted by atomic mass is 10.1. The molecule has 0 aliphatic carbocycles. The molecule has 2 N–H and O–H groups in total. The molecule has 0 fully saturated rings. The van der Waals surface area contributed by atoms with Crippen molar-refractivity contribution in [2.75, 3.05) is 5.32 Å². The Bertz CT molecular complexity index is 1110. The number of H-pyrrole nitrogens is 1. The Morgan fingerprint density at radius 2 is 1.85 bits per heavy atom. The van der Waals surface area contributed by atoms with Crippen LogP contribution in [0.25, 0.3) is 11.0 Å². The van der Waals surface area contributed by atoms with E-state index < -0.39 is 27.3 Å². The first-order valence-electron chi connectivity index (χ1n) is 7.89. The van der Waals surface area contributed by atoms with Crippen LogP contribution in [0, 0.1) is 13.8 Å². The molecule has 0 saturated carbocycles. The maximum Gasteiger partial charge on any atom is 0.337 e. The minimum atomic E-state index is -4.51. The molecular weight excluding hydrogens is 378 g/mol. The Kier molecular flexibility index (Phi) is 4.92. The third kappa shape index (κ3) is 3.80. The van der Waals surface area contributed by atoms with Gasteiger partial charge in [0.25, 0.3) is 5.91 Å². The SMILES string of the molecule is Cc1[nH]c2ncnc(NC(=O)c3ccc(CS(=O)(=O)C(F)F)cc3)c2c1C. The van der Waals surface area contributed by atoms with Crippen LogP contribution in [-0.4, -0.2) is 35.0 Å². The van der Waals surface area contributed by atoms with Gasteiger partial charge in [0.05, 0.1) is 11.1 Å². The number of nitrogens with zero attached hydrogens (tertiary/aromatic N) is 2. The molecule has 142 valence electrons. The fraction of sp³-hybridized carbons (Fsp3) is 0.235. The van der Waals surface area contributed by atoms with Crippen molar-refractivity contribution in [3.63, 3.8) is 0 Å². The van der Waals surface area contributed by atoms with Gasteiger partial charge in [-0.2, -0.15) is 8.78 Å². The number of hydrogen-bond acceptors (Lipinski definition) is 5. The molecule has 0 aliphatic heterocycles. The zero-order chi connectivity index (χ0) is 19.8. The summed E-state index contributed by atoms with van der Waals surface area (Å²) in [5.41, 5.74) is 2.83. The highest BCUT2D eigenvalue weighted by molar-refractivity contribution is 7.90. The average molecular weight is 394 g/mol. The minimum absolute atomic E-state index is 0.174. The quantitative estimate of drug-likeness (QED) is 0.692. The molecule has 0 aliphatic rings. The van der Waals surface area contributed by atoms with E-state index in [1.807, 2.05) is 13.8 Å². The van der Waals surface area contributed by atoms with Crippen LogP contribution < -0.4 is 5.32 Å². The van der Waals surface area contributed by atoms with E-state index in [1.165, 1.54) is 30.6 Å². The van der Waals surface area contributed by atoms with Crippen molar-refractivity contribution in [2.24, 2.45) is 0 Å². The second-order valence-electron chi connectivity index (χ2n) is 6.04. The fourth-order valence-corrected chi connectivity index (χ4v) is 3.40. The van der Waals surface area contributed by atoms with Crippen molar-refractivity contribution in [1.29, 1.82) is 0 Å². The number of sulfone groups is 1. The number of fused-ring (bicyclic) bond motifs is 1. The van der Waals surface area contributed by atoms with Gasteiger partial charge in [-0.25, -0.2) is 18.4 Å². The van der Waals surface area contributed by atoms with Gasteiger partial charge in [-0.15, -0.1) is 0 Å². The number of anilines is 1. The number of amides is 1. The Morgan fingerprint density at radius 1 is 1.19 bits per heavy atom. The highest BCUT2D eigenvalue weighted by atomic mass is 32.2. The largest absolute Gasteiger partial charge is 0.343 e. The zero-order valence-electron chi connectivity index (χ0n) is 14.5. The van der Waals surface area contributed by atoms with Gasteiger partial charge in [0, 0.05) is 11.3 Å². The number of rotatable bonds is 5. The molecule has 0 spiro atoms. The van der Waals surface area contributed by atoms with Gasteiger partial charge < -0.3 is 10.3 Å². The number of aromatic nitrogens is 3. The molecule has 2 heterocycles. The first-order valence-corrected chi connectivity index (χ1v) is 9.60. The minimum Gasteiger partial charge on any atom is -0.343 e. The molecule has 2 aromatic heterocycles. The normalized spacial score (nSPS) is 11.9. The third-order valence-corrected chi connectivity index (χ3v) is 5.46. The second kappa shape index (κ2) is 7.03. The number of aromatic amines is 1. The fourth-order valence-electron chi connectivity index (χ4n) is 2.62. The van der Waals surface area contributed by atoms with E-state index in [4.69, 9.17) is 0 Å². The number of hydrogen-bond donors (Lipinski definition) is 2. The summed E-state index contributed by atoms with van der Waals surface area (Å²) in [6, 6.07) is 5.41. The average Bonchev–Trinajstić information content (AvgIpc) is 2.90. The summed E-state index contributed by atoms with van der Waals surface area (Å²) in [5, 5.41) is 3.39. The standard InChI is InChI=1S/C17H16F2N4O3S/c1-9-10(2)22-14-13(9)15(21-8-20-14)23-16(24)12-5-3-11(4-6-12)7-27(25,26)17(18)19/h3-6,8,17H,7H2,1-2H3,(H2,20,21,22,23,24). The predicted molar refractivity (Wildman–Crippen MR) is 96.4 cm³/mol. The molecule has 7 nitrogen and oxygen atoms in total. The van der Waals surface area contributed by atoms with Gasteiger partial charge in [0.2, 0.25) is 9.84 Å². The van der Waals surface area contributed by atoms with Crippen molar-refractivity contribution in [1.82, 2.24) is 15.0 Å². The number of aryl methyl sites for hydroxylation is 2. The molecule has 10 heteroatoms. The molecule has 27 heavy (non-hydrogen) atoms. The van der Waals surface area contributed by atoms with Gasteiger partial charge in [-0.05, 0) is 37.1 Å². The second-order valence-corrected chi connectivity index (χ2v) is 8.01.